The van der Waals surface area contributed by atoms with Gasteiger partial charge in [0.05, 0.1) is 24.6 Å². The first-order valence-electron chi connectivity index (χ1n) is 13.9. The molecule has 2 saturated heterocycles. The number of halogens is 4. The van der Waals surface area contributed by atoms with Gasteiger partial charge in [-0.1, -0.05) is 17.7 Å². The first-order chi connectivity index (χ1) is 19.9. The number of rotatable bonds is 7. The lowest BCUT2D eigenvalue weighted by Gasteiger charge is -2.34. The minimum Gasteiger partial charge on any atom is -0.406 e. The van der Waals surface area contributed by atoms with Crippen molar-refractivity contribution in [3.05, 3.63) is 58.7 Å². The Bertz CT molecular complexity index is 1530. The van der Waals surface area contributed by atoms with Crippen LogP contribution < -0.4 is 20.7 Å². The van der Waals surface area contributed by atoms with Crippen LogP contribution in [0.5, 0.6) is 5.75 Å². The second-order valence-electron chi connectivity index (χ2n) is 11.5. The molecule has 0 amide bonds. The van der Waals surface area contributed by atoms with Crippen molar-refractivity contribution in [2.45, 2.75) is 56.7 Å². The number of likely N-dealkylation sites (tertiary alicyclic amines) is 1. The van der Waals surface area contributed by atoms with E-state index in [1.807, 2.05) is 6.07 Å². The SMILES string of the molecule is CP(C)(=O)c1cc(OC(F)(F)F)ccc1Nc1nc(Nc2ccc3c(c2)CC[C@H](N2C[C@H]4C[C@@H]2CO4)CC3)ncc1Cl. The van der Waals surface area contributed by atoms with Crippen molar-refractivity contribution in [1.82, 2.24) is 14.9 Å². The molecule has 3 aromatic rings. The number of nitrogens with one attached hydrogen (secondary N) is 2. The summed E-state index contributed by atoms with van der Waals surface area (Å²) in [5, 5.41) is 6.63. The Morgan fingerprint density at radius 3 is 2.55 bits per heavy atom. The molecule has 2 aliphatic heterocycles. The van der Waals surface area contributed by atoms with E-state index in [0.717, 1.165) is 63.1 Å². The minimum absolute atomic E-state index is 0.173. The molecule has 3 atom stereocenters. The normalized spacial score (nSPS) is 22.5. The van der Waals surface area contributed by atoms with Gasteiger partial charge in [0.15, 0.2) is 5.82 Å². The summed E-state index contributed by atoms with van der Waals surface area (Å²) >= 11 is 6.37. The number of benzene rings is 2. The van der Waals surface area contributed by atoms with Gasteiger partial charge in [-0.15, -0.1) is 13.2 Å². The maximum absolute atomic E-state index is 12.9. The molecule has 224 valence electrons. The number of alkyl halides is 3. The minimum atomic E-state index is -4.87. The van der Waals surface area contributed by atoms with Gasteiger partial charge in [0.1, 0.15) is 17.9 Å². The Hall–Kier alpha value is -2.85. The molecule has 3 aliphatic rings. The molecule has 0 saturated carbocycles. The van der Waals surface area contributed by atoms with E-state index in [0.29, 0.717) is 23.9 Å². The molecule has 0 spiro atoms. The number of aromatic nitrogens is 2. The largest absolute Gasteiger partial charge is 0.573 e. The lowest BCUT2D eigenvalue weighted by molar-refractivity contribution is -0.274. The van der Waals surface area contributed by atoms with Crippen LogP contribution in [0.15, 0.2) is 42.6 Å². The number of aryl methyl sites for hydroxylation is 2. The van der Waals surface area contributed by atoms with Crippen LogP contribution in [0.2, 0.25) is 5.02 Å². The van der Waals surface area contributed by atoms with Gasteiger partial charge in [0.25, 0.3) is 0 Å². The average molecular weight is 622 g/mol. The van der Waals surface area contributed by atoms with Crippen molar-refractivity contribution in [2.24, 2.45) is 0 Å². The fourth-order valence-electron chi connectivity index (χ4n) is 6.21. The van der Waals surface area contributed by atoms with E-state index in [2.05, 4.69) is 42.4 Å². The third-order valence-electron chi connectivity index (χ3n) is 8.15. The van der Waals surface area contributed by atoms with Crippen LogP contribution in [0.25, 0.3) is 0 Å². The molecule has 0 radical (unpaired) electrons. The van der Waals surface area contributed by atoms with Gasteiger partial charge in [-0.05, 0) is 86.9 Å². The highest BCUT2D eigenvalue weighted by atomic mass is 35.5. The highest BCUT2D eigenvalue weighted by Gasteiger charge is 2.42. The third-order valence-corrected chi connectivity index (χ3v) is 9.95. The monoisotopic (exact) mass is 621 g/mol. The summed E-state index contributed by atoms with van der Waals surface area (Å²) in [4.78, 5) is 11.5. The molecule has 1 aromatic heterocycles. The van der Waals surface area contributed by atoms with Crippen molar-refractivity contribution in [2.75, 3.05) is 37.1 Å². The van der Waals surface area contributed by atoms with E-state index < -0.39 is 19.3 Å². The molecule has 6 rings (SSSR count). The zero-order valence-corrected chi connectivity index (χ0v) is 24.9. The fourth-order valence-corrected chi connectivity index (χ4v) is 7.50. The third kappa shape index (κ3) is 6.54. The number of hydrogen-bond acceptors (Lipinski definition) is 8. The van der Waals surface area contributed by atoms with E-state index in [1.54, 1.807) is 0 Å². The van der Waals surface area contributed by atoms with Gasteiger partial charge in [0, 0.05) is 29.6 Å². The second-order valence-corrected chi connectivity index (χ2v) is 15.1. The summed E-state index contributed by atoms with van der Waals surface area (Å²) in [6.45, 7) is 4.83. The maximum Gasteiger partial charge on any atom is 0.573 e. The molecule has 0 unspecified atom stereocenters. The molecule has 3 heterocycles. The van der Waals surface area contributed by atoms with Crippen molar-refractivity contribution in [1.29, 1.82) is 0 Å². The van der Waals surface area contributed by atoms with Crippen LogP contribution in [0, 0.1) is 0 Å². The summed E-state index contributed by atoms with van der Waals surface area (Å²) < 4.78 is 61.1. The van der Waals surface area contributed by atoms with Crippen LogP contribution >= 0.6 is 18.7 Å². The second kappa shape index (κ2) is 11.3. The van der Waals surface area contributed by atoms with E-state index in [4.69, 9.17) is 16.3 Å². The molecule has 2 fully saturated rings. The van der Waals surface area contributed by atoms with E-state index in [-0.39, 0.29) is 22.1 Å². The predicted molar refractivity (Wildman–Crippen MR) is 158 cm³/mol. The maximum atomic E-state index is 12.9. The molecule has 42 heavy (non-hydrogen) atoms. The highest BCUT2D eigenvalue weighted by Crippen LogP contribution is 2.41. The highest BCUT2D eigenvalue weighted by molar-refractivity contribution is 7.70. The average Bonchev–Trinajstić information content (AvgIpc) is 3.49. The quantitative estimate of drug-likeness (QED) is 0.229. The number of ether oxygens (including phenoxy) is 2. The predicted octanol–water partition coefficient (Wildman–Crippen LogP) is 6.48. The van der Waals surface area contributed by atoms with Gasteiger partial charge < -0.3 is 24.7 Å². The summed E-state index contributed by atoms with van der Waals surface area (Å²) in [6.07, 6.45) is 2.40. The van der Waals surface area contributed by atoms with Gasteiger partial charge in [-0.3, -0.25) is 4.90 Å². The fraction of sp³-hybridized carbons (Fsp3) is 0.448. The zero-order valence-electron chi connectivity index (χ0n) is 23.2. The molecule has 8 nitrogen and oxygen atoms in total. The van der Waals surface area contributed by atoms with Gasteiger partial charge in [-0.25, -0.2) is 4.98 Å². The summed E-state index contributed by atoms with van der Waals surface area (Å²) in [7, 11) is -3.02. The first-order valence-corrected chi connectivity index (χ1v) is 16.9. The number of fused-ring (bicyclic) bond motifs is 3. The first kappa shape index (κ1) is 29.2. The molecule has 2 aromatic carbocycles. The van der Waals surface area contributed by atoms with E-state index in [9.17, 15) is 17.7 Å². The molecular formula is C29H32ClF3N5O3P. The van der Waals surface area contributed by atoms with Crippen molar-refractivity contribution in [3.63, 3.8) is 0 Å². The Morgan fingerprint density at radius 2 is 1.86 bits per heavy atom. The van der Waals surface area contributed by atoms with Crippen LogP contribution in [-0.4, -0.2) is 65.9 Å². The Balaban J connectivity index is 1.17. The summed E-state index contributed by atoms with van der Waals surface area (Å²) in [5.74, 6) is 0.0466. The molecule has 2 bridgehead atoms. The lowest BCUT2D eigenvalue weighted by Crippen LogP contribution is -2.44. The Kier molecular flexibility index (Phi) is 7.89. The van der Waals surface area contributed by atoms with Crippen molar-refractivity contribution in [3.8, 4) is 5.75 Å². The van der Waals surface area contributed by atoms with Crippen molar-refractivity contribution >= 4 is 47.2 Å². The zero-order chi connectivity index (χ0) is 29.6. The summed E-state index contributed by atoms with van der Waals surface area (Å²) in [5.41, 5.74) is 3.82. The van der Waals surface area contributed by atoms with Gasteiger partial charge >= 0.3 is 6.36 Å². The molecule has 2 N–H and O–H groups in total. The lowest BCUT2D eigenvalue weighted by atomic mass is 10.0. The standard InChI is InChI=1S/C29H32ClF3N5O3P/c1-42(2,39)26-13-22(41-29(31,32)33)9-10-25(26)36-27-24(30)14-34-28(37-27)35-19-6-3-17-4-7-20(8-5-18(17)11-19)38-15-23-12-21(38)16-40-23/h3,6,9-11,13-14,20-21,23H,4-5,7-8,12,15-16H2,1-2H3,(H2,34,35,36,37)/t20-,21-,23-/m1/s1. The Labute approximate surface area is 247 Å². The van der Waals surface area contributed by atoms with Gasteiger partial charge in [0.2, 0.25) is 5.95 Å². The smallest absolute Gasteiger partial charge is 0.406 e. The molecular weight excluding hydrogens is 590 g/mol. The number of hydrogen-bond donors (Lipinski definition) is 2. The number of anilines is 4. The van der Waals surface area contributed by atoms with Crippen LogP contribution in [-0.2, 0) is 22.1 Å². The van der Waals surface area contributed by atoms with Crippen LogP contribution in [0.3, 0.4) is 0 Å². The molecule has 13 heteroatoms. The van der Waals surface area contributed by atoms with Crippen LogP contribution in [0.4, 0.5) is 36.3 Å². The summed E-state index contributed by atoms with van der Waals surface area (Å²) in [6, 6.07) is 11.1. The van der Waals surface area contributed by atoms with Gasteiger partial charge in [-0.2, -0.15) is 4.98 Å². The molecule has 1 aliphatic carbocycles. The van der Waals surface area contributed by atoms with E-state index >= 15 is 0 Å². The topological polar surface area (TPSA) is 88.6 Å². The number of morpholine rings is 1. The Morgan fingerprint density at radius 1 is 1.07 bits per heavy atom. The van der Waals surface area contributed by atoms with E-state index in [1.165, 1.54) is 36.7 Å². The van der Waals surface area contributed by atoms with Crippen molar-refractivity contribution < 1.29 is 27.2 Å². The number of nitrogens with zero attached hydrogens (tertiary/aromatic N) is 3. The van der Waals surface area contributed by atoms with Crippen LogP contribution in [0.1, 0.15) is 30.4 Å².